The Morgan fingerprint density at radius 2 is 1.89 bits per heavy atom. The van der Waals surface area contributed by atoms with Crippen molar-refractivity contribution >= 4 is 29.3 Å². The maximum atomic E-state index is 12.8. The van der Waals surface area contributed by atoms with E-state index < -0.39 is 11.6 Å². The third kappa shape index (κ3) is 5.46. The smallest absolute Gasteiger partial charge is 0.324 e. The van der Waals surface area contributed by atoms with Crippen molar-refractivity contribution in [3.8, 4) is 11.4 Å². The molecular formula is C26H31N7O5. The summed E-state index contributed by atoms with van der Waals surface area (Å²) in [6.07, 6.45) is 1.97. The topological polar surface area (TPSA) is 146 Å². The molecule has 2 aromatic heterocycles. The number of urea groups is 1. The lowest BCUT2D eigenvalue weighted by Gasteiger charge is -2.38. The van der Waals surface area contributed by atoms with Crippen LogP contribution in [0.15, 0.2) is 41.1 Å². The van der Waals surface area contributed by atoms with Gasteiger partial charge in [-0.15, -0.1) is 0 Å². The summed E-state index contributed by atoms with van der Waals surface area (Å²) < 4.78 is 10.4. The van der Waals surface area contributed by atoms with Crippen LogP contribution in [-0.2, 0) is 22.5 Å². The number of anilines is 3. The van der Waals surface area contributed by atoms with Gasteiger partial charge in [-0.1, -0.05) is 5.16 Å². The molecular weight excluding hydrogens is 490 g/mol. The molecule has 38 heavy (non-hydrogen) atoms. The van der Waals surface area contributed by atoms with Gasteiger partial charge < -0.3 is 29.5 Å². The van der Waals surface area contributed by atoms with Crippen molar-refractivity contribution in [1.29, 1.82) is 0 Å². The van der Waals surface area contributed by atoms with Crippen LogP contribution in [0.5, 0.6) is 0 Å². The number of rotatable bonds is 5. The summed E-state index contributed by atoms with van der Waals surface area (Å²) in [5, 5.41) is 19.3. The van der Waals surface area contributed by atoms with E-state index in [0.29, 0.717) is 56.6 Å². The van der Waals surface area contributed by atoms with Gasteiger partial charge in [0.1, 0.15) is 17.7 Å². The molecule has 200 valence electrons. The summed E-state index contributed by atoms with van der Waals surface area (Å²) in [5.41, 5.74) is 1.67. The molecule has 0 saturated carbocycles. The largest absolute Gasteiger partial charge is 0.381 e. The van der Waals surface area contributed by atoms with E-state index >= 15 is 0 Å². The second kappa shape index (κ2) is 10.4. The Morgan fingerprint density at radius 1 is 1.11 bits per heavy atom. The number of hydrogen-bond donors (Lipinski definition) is 3. The van der Waals surface area contributed by atoms with Crippen molar-refractivity contribution in [2.75, 3.05) is 41.8 Å². The van der Waals surface area contributed by atoms with Gasteiger partial charge in [0.2, 0.25) is 0 Å². The van der Waals surface area contributed by atoms with Crippen LogP contribution in [0.4, 0.5) is 22.1 Å². The number of morpholine rings is 1. The highest BCUT2D eigenvalue weighted by atomic mass is 16.5. The third-order valence-corrected chi connectivity index (χ3v) is 6.57. The lowest BCUT2D eigenvalue weighted by Crippen LogP contribution is -2.48. The standard InChI is InChI=1S/C26H31N7O5/c1-16-15-37-13-11-33(16)23-19-8-10-32(24(34)26(2,3)36)14-20(19)28-22(30-23)17-4-6-18(7-5-17)27-25(35)29-21-9-12-38-31-21/h4-7,9,12,16,36H,8,10-11,13-15H2,1-3H3,(H2,27,29,31,35)/t16-/m0/s1. The highest BCUT2D eigenvalue weighted by Gasteiger charge is 2.34. The monoisotopic (exact) mass is 521 g/mol. The van der Waals surface area contributed by atoms with Crippen LogP contribution >= 0.6 is 0 Å². The molecule has 1 aromatic carbocycles. The van der Waals surface area contributed by atoms with Gasteiger partial charge in [0.15, 0.2) is 11.6 Å². The number of nitrogens with zero attached hydrogens (tertiary/aromatic N) is 5. The van der Waals surface area contributed by atoms with E-state index in [4.69, 9.17) is 19.2 Å². The average molecular weight is 522 g/mol. The highest BCUT2D eigenvalue weighted by molar-refractivity contribution is 5.99. The SMILES string of the molecule is C[C@H]1COCCN1c1nc(-c2ccc(NC(=O)Nc3ccon3)cc2)nc2c1CCN(C(=O)C(C)(C)O)C2. The van der Waals surface area contributed by atoms with E-state index in [1.165, 1.54) is 20.1 Å². The summed E-state index contributed by atoms with van der Waals surface area (Å²) in [5.74, 6) is 1.35. The Balaban J connectivity index is 1.43. The van der Waals surface area contributed by atoms with Crippen LogP contribution in [0.3, 0.4) is 0 Å². The number of carbonyl (C=O) groups excluding carboxylic acids is 2. The molecule has 3 amide bonds. The molecule has 12 nitrogen and oxygen atoms in total. The van der Waals surface area contributed by atoms with E-state index in [-0.39, 0.29) is 11.9 Å². The van der Waals surface area contributed by atoms with Crippen LogP contribution in [0.25, 0.3) is 11.4 Å². The minimum absolute atomic E-state index is 0.140. The third-order valence-electron chi connectivity index (χ3n) is 6.57. The Hall–Kier alpha value is -4.03. The summed E-state index contributed by atoms with van der Waals surface area (Å²) in [4.78, 5) is 38.7. The maximum absolute atomic E-state index is 12.8. The van der Waals surface area contributed by atoms with E-state index in [0.717, 1.165) is 22.6 Å². The Labute approximate surface area is 220 Å². The van der Waals surface area contributed by atoms with Crippen LogP contribution in [0.2, 0.25) is 0 Å². The molecule has 0 radical (unpaired) electrons. The van der Waals surface area contributed by atoms with Crippen molar-refractivity contribution in [3.05, 3.63) is 47.9 Å². The Morgan fingerprint density at radius 3 is 2.58 bits per heavy atom. The van der Waals surface area contributed by atoms with Gasteiger partial charge in [0.25, 0.3) is 5.91 Å². The number of benzene rings is 1. The highest BCUT2D eigenvalue weighted by Crippen LogP contribution is 2.32. The molecule has 5 rings (SSSR count). The minimum atomic E-state index is -1.46. The van der Waals surface area contributed by atoms with E-state index in [9.17, 15) is 14.7 Å². The van der Waals surface area contributed by atoms with Crippen molar-refractivity contribution in [3.63, 3.8) is 0 Å². The van der Waals surface area contributed by atoms with Crippen molar-refractivity contribution in [1.82, 2.24) is 20.0 Å². The molecule has 0 unspecified atom stereocenters. The first-order valence-electron chi connectivity index (χ1n) is 12.5. The zero-order valence-corrected chi connectivity index (χ0v) is 21.6. The molecule has 1 saturated heterocycles. The minimum Gasteiger partial charge on any atom is -0.381 e. The number of aromatic nitrogens is 3. The fourth-order valence-corrected chi connectivity index (χ4v) is 4.64. The van der Waals surface area contributed by atoms with Gasteiger partial charge >= 0.3 is 6.03 Å². The molecule has 4 heterocycles. The van der Waals surface area contributed by atoms with Crippen molar-refractivity contribution < 1.29 is 24.0 Å². The fraction of sp³-hybridized carbons (Fsp3) is 0.423. The molecule has 12 heteroatoms. The second-order valence-electron chi connectivity index (χ2n) is 9.99. The first kappa shape index (κ1) is 25.6. The molecule has 0 aliphatic carbocycles. The molecule has 1 fully saturated rings. The molecule has 1 atom stereocenters. The molecule has 3 aromatic rings. The quantitative estimate of drug-likeness (QED) is 0.461. The fourth-order valence-electron chi connectivity index (χ4n) is 4.64. The number of nitrogens with one attached hydrogen (secondary N) is 2. The maximum Gasteiger partial charge on any atom is 0.324 e. The zero-order valence-electron chi connectivity index (χ0n) is 21.6. The summed E-state index contributed by atoms with van der Waals surface area (Å²) in [6, 6.07) is 8.44. The molecule has 2 aliphatic rings. The van der Waals surface area contributed by atoms with Crippen LogP contribution in [0.1, 0.15) is 32.0 Å². The predicted octanol–water partition coefficient (Wildman–Crippen LogP) is 2.66. The van der Waals surface area contributed by atoms with Crippen molar-refractivity contribution in [2.24, 2.45) is 0 Å². The van der Waals surface area contributed by atoms with Gasteiger partial charge in [0.05, 0.1) is 31.5 Å². The number of fused-ring (bicyclic) bond motifs is 1. The summed E-state index contributed by atoms with van der Waals surface area (Å²) in [7, 11) is 0. The normalized spacial score (nSPS) is 17.6. The van der Waals surface area contributed by atoms with Gasteiger partial charge in [-0.3, -0.25) is 10.1 Å². The van der Waals surface area contributed by atoms with E-state index in [1.807, 2.05) is 12.1 Å². The number of hydrogen-bond acceptors (Lipinski definition) is 9. The van der Waals surface area contributed by atoms with Crippen molar-refractivity contribution in [2.45, 2.75) is 45.4 Å². The number of amides is 3. The first-order valence-corrected chi connectivity index (χ1v) is 12.5. The summed E-state index contributed by atoms with van der Waals surface area (Å²) >= 11 is 0. The van der Waals surface area contributed by atoms with Gasteiger partial charge in [-0.05, 0) is 51.5 Å². The van der Waals surface area contributed by atoms with Gasteiger partial charge in [-0.25, -0.2) is 14.8 Å². The Bertz CT molecular complexity index is 1300. The lowest BCUT2D eigenvalue weighted by atomic mass is 10.0. The van der Waals surface area contributed by atoms with Crippen LogP contribution < -0.4 is 15.5 Å². The number of ether oxygens (including phenoxy) is 1. The molecule has 0 bridgehead atoms. The van der Waals surface area contributed by atoms with Crippen LogP contribution in [-0.4, -0.2) is 75.0 Å². The molecule has 0 spiro atoms. The first-order chi connectivity index (χ1) is 18.2. The predicted molar refractivity (Wildman–Crippen MR) is 140 cm³/mol. The molecule has 3 N–H and O–H groups in total. The van der Waals surface area contributed by atoms with E-state index in [1.54, 1.807) is 23.1 Å². The molecule has 2 aliphatic heterocycles. The number of carbonyl (C=O) groups is 2. The average Bonchev–Trinajstić information content (AvgIpc) is 3.40. The second-order valence-corrected chi connectivity index (χ2v) is 9.99. The van der Waals surface area contributed by atoms with Crippen LogP contribution in [0, 0.1) is 0 Å². The summed E-state index contributed by atoms with van der Waals surface area (Å²) in [6.45, 7) is 7.80. The Kier molecular flexibility index (Phi) is 7.00. The van der Waals surface area contributed by atoms with E-state index in [2.05, 4.69) is 27.6 Å². The van der Waals surface area contributed by atoms with Gasteiger partial charge in [0, 0.05) is 36.0 Å². The zero-order chi connectivity index (χ0) is 26.9. The van der Waals surface area contributed by atoms with Gasteiger partial charge in [-0.2, -0.15) is 0 Å². The number of aliphatic hydroxyl groups is 1. The lowest BCUT2D eigenvalue weighted by molar-refractivity contribution is -0.148.